The molecule has 0 unspecified atom stereocenters. The predicted molar refractivity (Wildman–Crippen MR) is 76.6 cm³/mol. The van der Waals surface area contributed by atoms with E-state index in [1.165, 1.54) is 19.3 Å². The van der Waals surface area contributed by atoms with Gasteiger partial charge in [0.2, 0.25) is 5.91 Å². The molecule has 0 aromatic rings. The molecule has 0 bridgehead atoms. The molecule has 3 heteroatoms. The summed E-state index contributed by atoms with van der Waals surface area (Å²) in [5.74, 6) is 0.851. The summed E-state index contributed by atoms with van der Waals surface area (Å²) in [6, 6.07) is 0. The average Bonchev–Trinajstić information content (AvgIpc) is 2.41. The number of rotatable bonds is 7. The molecule has 3 nitrogen and oxygen atoms in total. The Morgan fingerprint density at radius 1 is 1.17 bits per heavy atom. The van der Waals surface area contributed by atoms with E-state index in [1.54, 1.807) is 0 Å². The van der Waals surface area contributed by atoms with Gasteiger partial charge < -0.3 is 10.6 Å². The summed E-state index contributed by atoms with van der Waals surface area (Å²) in [4.78, 5) is 12.1. The number of hydrogen-bond acceptors (Lipinski definition) is 2. The van der Waals surface area contributed by atoms with Crippen LogP contribution < -0.4 is 10.6 Å². The molecule has 1 aliphatic carbocycles. The minimum absolute atomic E-state index is 0.0657. The lowest BCUT2D eigenvalue weighted by Gasteiger charge is -2.36. The first-order valence-electron chi connectivity index (χ1n) is 7.61. The second-order valence-corrected chi connectivity index (χ2v) is 5.75. The van der Waals surface area contributed by atoms with Crippen molar-refractivity contribution in [3.63, 3.8) is 0 Å². The zero-order valence-electron chi connectivity index (χ0n) is 12.3. The van der Waals surface area contributed by atoms with Gasteiger partial charge in [-0.15, -0.1) is 0 Å². The Morgan fingerprint density at radius 3 is 2.28 bits per heavy atom. The van der Waals surface area contributed by atoms with Gasteiger partial charge in [0.15, 0.2) is 0 Å². The number of carbonyl (C=O) groups is 1. The normalized spacial score (nSPS) is 18.9. The molecule has 0 aromatic heterocycles. The Balaban J connectivity index is 2.37. The molecule has 18 heavy (non-hydrogen) atoms. The van der Waals surface area contributed by atoms with Crippen LogP contribution in [0.5, 0.6) is 0 Å². The Bertz CT molecular complexity index is 243. The molecular formula is C15H30N2O. The summed E-state index contributed by atoms with van der Waals surface area (Å²) in [6.07, 6.45) is 9.04. The monoisotopic (exact) mass is 254 g/mol. The largest absolute Gasteiger partial charge is 0.356 e. The fourth-order valence-electron chi connectivity index (χ4n) is 2.95. The molecule has 0 aliphatic heterocycles. The van der Waals surface area contributed by atoms with Crippen molar-refractivity contribution in [1.29, 1.82) is 0 Å². The SMILES string of the molecule is CCC(CC)CNC(=O)CC1(NC)CCCCC1. The maximum atomic E-state index is 12.1. The van der Waals surface area contributed by atoms with E-state index in [9.17, 15) is 4.79 Å². The van der Waals surface area contributed by atoms with Crippen molar-refractivity contribution in [1.82, 2.24) is 10.6 Å². The van der Waals surface area contributed by atoms with Gasteiger partial charge in [-0.1, -0.05) is 46.0 Å². The number of hydrogen-bond donors (Lipinski definition) is 2. The van der Waals surface area contributed by atoms with Crippen LogP contribution in [-0.4, -0.2) is 25.0 Å². The van der Waals surface area contributed by atoms with Crippen molar-refractivity contribution in [2.75, 3.05) is 13.6 Å². The molecule has 0 aromatic carbocycles. The lowest BCUT2D eigenvalue weighted by Crippen LogP contribution is -2.48. The van der Waals surface area contributed by atoms with E-state index >= 15 is 0 Å². The van der Waals surface area contributed by atoms with E-state index in [0.29, 0.717) is 12.3 Å². The maximum Gasteiger partial charge on any atom is 0.221 e. The second kappa shape index (κ2) is 7.78. The van der Waals surface area contributed by atoms with Gasteiger partial charge in [0, 0.05) is 18.5 Å². The number of nitrogens with one attached hydrogen (secondary N) is 2. The molecule has 0 spiro atoms. The third-order valence-corrected chi connectivity index (χ3v) is 4.58. The van der Waals surface area contributed by atoms with Crippen LogP contribution in [0, 0.1) is 5.92 Å². The minimum Gasteiger partial charge on any atom is -0.356 e. The van der Waals surface area contributed by atoms with E-state index in [1.807, 2.05) is 7.05 Å². The van der Waals surface area contributed by atoms with Crippen molar-refractivity contribution in [2.45, 2.75) is 70.8 Å². The summed E-state index contributed by atoms with van der Waals surface area (Å²) < 4.78 is 0. The first kappa shape index (κ1) is 15.5. The van der Waals surface area contributed by atoms with Crippen LogP contribution in [0.4, 0.5) is 0 Å². The third-order valence-electron chi connectivity index (χ3n) is 4.58. The maximum absolute atomic E-state index is 12.1. The predicted octanol–water partition coefficient (Wildman–Crippen LogP) is 2.85. The molecule has 1 rings (SSSR count). The van der Waals surface area contributed by atoms with Crippen molar-refractivity contribution in [3.8, 4) is 0 Å². The lowest BCUT2D eigenvalue weighted by atomic mass is 9.79. The molecule has 0 saturated heterocycles. The molecule has 2 N–H and O–H groups in total. The lowest BCUT2D eigenvalue weighted by molar-refractivity contribution is -0.123. The van der Waals surface area contributed by atoms with Crippen molar-refractivity contribution in [3.05, 3.63) is 0 Å². The van der Waals surface area contributed by atoms with E-state index in [-0.39, 0.29) is 11.4 Å². The van der Waals surface area contributed by atoms with E-state index < -0.39 is 0 Å². The van der Waals surface area contributed by atoms with Crippen LogP contribution in [0.15, 0.2) is 0 Å². The molecule has 1 fully saturated rings. The summed E-state index contributed by atoms with van der Waals surface area (Å²) in [6.45, 7) is 5.22. The molecule has 0 heterocycles. The van der Waals surface area contributed by atoms with Crippen LogP contribution in [-0.2, 0) is 4.79 Å². The Kier molecular flexibility index (Phi) is 6.69. The number of amides is 1. The van der Waals surface area contributed by atoms with Crippen LogP contribution in [0.1, 0.15) is 65.2 Å². The van der Waals surface area contributed by atoms with Gasteiger partial charge in [0.25, 0.3) is 0 Å². The highest BCUT2D eigenvalue weighted by atomic mass is 16.1. The van der Waals surface area contributed by atoms with E-state index in [2.05, 4.69) is 24.5 Å². The summed E-state index contributed by atoms with van der Waals surface area (Å²) in [5, 5.41) is 6.52. The first-order valence-corrected chi connectivity index (χ1v) is 7.61. The first-order chi connectivity index (χ1) is 8.65. The summed E-state index contributed by atoms with van der Waals surface area (Å²) in [5.41, 5.74) is 0.0657. The highest BCUT2D eigenvalue weighted by Crippen LogP contribution is 2.30. The van der Waals surface area contributed by atoms with Crippen LogP contribution in [0.25, 0.3) is 0 Å². The van der Waals surface area contributed by atoms with Crippen LogP contribution in [0.3, 0.4) is 0 Å². The van der Waals surface area contributed by atoms with Gasteiger partial charge in [-0.25, -0.2) is 0 Å². The summed E-state index contributed by atoms with van der Waals surface area (Å²) >= 11 is 0. The van der Waals surface area contributed by atoms with Crippen LogP contribution in [0.2, 0.25) is 0 Å². The van der Waals surface area contributed by atoms with Crippen molar-refractivity contribution >= 4 is 5.91 Å². The zero-order chi connectivity index (χ0) is 13.4. The Hall–Kier alpha value is -0.570. The standard InChI is InChI=1S/C15H30N2O/c1-4-13(5-2)12-17-14(18)11-15(16-3)9-7-6-8-10-15/h13,16H,4-12H2,1-3H3,(H,17,18). The fraction of sp³-hybridized carbons (Fsp3) is 0.933. The molecule has 0 atom stereocenters. The fourth-order valence-corrected chi connectivity index (χ4v) is 2.95. The van der Waals surface area contributed by atoms with Gasteiger partial charge in [-0.2, -0.15) is 0 Å². The van der Waals surface area contributed by atoms with Crippen LogP contribution >= 0.6 is 0 Å². The molecule has 1 aliphatic rings. The molecule has 0 radical (unpaired) electrons. The van der Waals surface area contributed by atoms with Gasteiger partial charge >= 0.3 is 0 Å². The minimum atomic E-state index is 0.0657. The average molecular weight is 254 g/mol. The summed E-state index contributed by atoms with van der Waals surface area (Å²) in [7, 11) is 2.00. The van der Waals surface area contributed by atoms with E-state index in [0.717, 1.165) is 32.2 Å². The van der Waals surface area contributed by atoms with Gasteiger partial charge in [0.05, 0.1) is 0 Å². The van der Waals surface area contributed by atoms with Crippen molar-refractivity contribution < 1.29 is 4.79 Å². The Labute approximate surface area is 112 Å². The molecule has 106 valence electrons. The highest BCUT2D eigenvalue weighted by Gasteiger charge is 2.32. The Morgan fingerprint density at radius 2 is 1.78 bits per heavy atom. The highest BCUT2D eigenvalue weighted by molar-refractivity contribution is 5.77. The van der Waals surface area contributed by atoms with Gasteiger partial charge in [0.1, 0.15) is 0 Å². The second-order valence-electron chi connectivity index (χ2n) is 5.75. The molecule has 1 amide bonds. The third kappa shape index (κ3) is 4.60. The number of carbonyl (C=O) groups excluding carboxylic acids is 1. The quantitative estimate of drug-likeness (QED) is 0.733. The van der Waals surface area contributed by atoms with Gasteiger partial charge in [-0.05, 0) is 25.8 Å². The topological polar surface area (TPSA) is 41.1 Å². The molecular weight excluding hydrogens is 224 g/mol. The zero-order valence-corrected chi connectivity index (χ0v) is 12.3. The van der Waals surface area contributed by atoms with Gasteiger partial charge in [-0.3, -0.25) is 4.79 Å². The van der Waals surface area contributed by atoms with E-state index in [4.69, 9.17) is 0 Å². The van der Waals surface area contributed by atoms with Crippen molar-refractivity contribution in [2.24, 2.45) is 5.92 Å². The molecule has 1 saturated carbocycles. The smallest absolute Gasteiger partial charge is 0.221 e.